The van der Waals surface area contributed by atoms with E-state index in [1.54, 1.807) is 0 Å². The third-order valence-corrected chi connectivity index (χ3v) is 1.60. The molecule has 0 aliphatic carbocycles. The topological polar surface area (TPSA) is 38.8 Å². The highest BCUT2D eigenvalue weighted by atomic mass is 16.7. The molecule has 0 aromatic carbocycles. The maximum Gasteiger partial charge on any atom is 0.340 e. The first kappa shape index (κ1) is 4.32. The van der Waals surface area contributed by atoms with E-state index in [-0.39, 0.29) is 5.97 Å². The third kappa shape index (κ3) is 0.351. The standard InChI is InChI=1S/C5H6O3/c6-4-5(3-8-5)1-2-7-4/h1-3H2/t5-/m1/s1. The zero-order valence-electron chi connectivity index (χ0n) is 4.35. The highest BCUT2D eigenvalue weighted by Crippen LogP contribution is 2.36. The summed E-state index contributed by atoms with van der Waals surface area (Å²) < 4.78 is 9.56. The van der Waals surface area contributed by atoms with Gasteiger partial charge in [-0.1, -0.05) is 0 Å². The van der Waals surface area contributed by atoms with Crippen molar-refractivity contribution in [2.45, 2.75) is 12.0 Å². The number of carbonyl (C=O) groups excluding carboxylic acids is 1. The fraction of sp³-hybridized carbons (Fsp3) is 0.800. The van der Waals surface area contributed by atoms with E-state index in [4.69, 9.17) is 4.74 Å². The minimum Gasteiger partial charge on any atom is -0.463 e. The Morgan fingerprint density at radius 2 is 2.38 bits per heavy atom. The fourth-order valence-electron chi connectivity index (χ4n) is 0.891. The first-order chi connectivity index (χ1) is 3.83. The second kappa shape index (κ2) is 1.05. The molecule has 0 amide bonds. The lowest BCUT2D eigenvalue weighted by Crippen LogP contribution is -2.16. The molecule has 0 saturated carbocycles. The summed E-state index contributed by atoms with van der Waals surface area (Å²) in [5.74, 6) is -0.169. The lowest BCUT2D eigenvalue weighted by molar-refractivity contribution is -0.142. The minimum absolute atomic E-state index is 0.169. The molecule has 2 heterocycles. The molecule has 2 aliphatic heterocycles. The van der Waals surface area contributed by atoms with E-state index in [9.17, 15) is 4.79 Å². The fourth-order valence-corrected chi connectivity index (χ4v) is 0.891. The summed E-state index contributed by atoms with van der Waals surface area (Å²) in [6.07, 6.45) is 0.756. The van der Waals surface area contributed by atoms with Crippen LogP contribution in [0.25, 0.3) is 0 Å². The van der Waals surface area contributed by atoms with Crippen LogP contribution in [0.3, 0.4) is 0 Å². The Bertz CT molecular complexity index is 137. The first-order valence-electron chi connectivity index (χ1n) is 2.65. The third-order valence-electron chi connectivity index (χ3n) is 1.60. The van der Waals surface area contributed by atoms with Crippen LogP contribution in [-0.2, 0) is 14.3 Å². The highest BCUT2D eigenvalue weighted by Gasteiger charge is 2.57. The van der Waals surface area contributed by atoms with E-state index in [1.807, 2.05) is 0 Å². The first-order valence-corrected chi connectivity index (χ1v) is 2.65. The maximum atomic E-state index is 10.6. The molecule has 44 valence electrons. The van der Waals surface area contributed by atoms with Crippen LogP contribution < -0.4 is 0 Å². The molecule has 0 unspecified atom stereocenters. The molecule has 0 aromatic heterocycles. The van der Waals surface area contributed by atoms with Gasteiger partial charge in [0.25, 0.3) is 0 Å². The van der Waals surface area contributed by atoms with E-state index in [1.165, 1.54) is 0 Å². The molecule has 2 aliphatic rings. The molecule has 0 N–H and O–H groups in total. The smallest absolute Gasteiger partial charge is 0.340 e. The predicted molar refractivity (Wildman–Crippen MR) is 24.3 cm³/mol. The average Bonchev–Trinajstić information content (AvgIpc) is 2.39. The minimum atomic E-state index is -0.458. The maximum absolute atomic E-state index is 10.6. The Hall–Kier alpha value is -0.570. The van der Waals surface area contributed by atoms with Gasteiger partial charge in [-0.15, -0.1) is 0 Å². The van der Waals surface area contributed by atoms with E-state index in [0.29, 0.717) is 13.2 Å². The van der Waals surface area contributed by atoms with Gasteiger partial charge in [-0.3, -0.25) is 0 Å². The summed E-state index contributed by atoms with van der Waals surface area (Å²) in [4.78, 5) is 10.6. The van der Waals surface area contributed by atoms with Crippen molar-refractivity contribution < 1.29 is 14.3 Å². The van der Waals surface area contributed by atoms with Gasteiger partial charge in [-0.25, -0.2) is 4.79 Å². The Morgan fingerprint density at radius 3 is 2.62 bits per heavy atom. The van der Waals surface area contributed by atoms with Crippen molar-refractivity contribution in [1.82, 2.24) is 0 Å². The van der Waals surface area contributed by atoms with Crippen LogP contribution >= 0.6 is 0 Å². The lowest BCUT2D eigenvalue weighted by atomic mass is 10.1. The van der Waals surface area contributed by atoms with Crippen molar-refractivity contribution in [2.75, 3.05) is 13.2 Å². The number of hydrogen-bond acceptors (Lipinski definition) is 3. The number of ether oxygens (including phenoxy) is 2. The summed E-state index contributed by atoms with van der Waals surface area (Å²) in [7, 11) is 0. The second-order valence-corrected chi connectivity index (χ2v) is 2.17. The van der Waals surface area contributed by atoms with E-state index < -0.39 is 5.60 Å². The summed E-state index contributed by atoms with van der Waals surface area (Å²) >= 11 is 0. The molecule has 3 nitrogen and oxygen atoms in total. The van der Waals surface area contributed by atoms with Gasteiger partial charge in [-0.05, 0) is 0 Å². The van der Waals surface area contributed by atoms with Gasteiger partial charge < -0.3 is 9.47 Å². The van der Waals surface area contributed by atoms with Crippen LogP contribution in [0, 0.1) is 0 Å². The summed E-state index contributed by atoms with van der Waals surface area (Å²) in [6, 6.07) is 0. The molecule has 0 bridgehead atoms. The summed E-state index contributed by atoms with van der Waals surface area (Å²) in [6.45, 7) is 1.12. The number of cyclic esters (lactones) is 1. The van der Waals surface area contributed by atoms with Gasteiger partial charge in [-0.2, -0.15) is 0 Å². The molecule has 2 fully saturated rings. The quantitative estimate of drug-likeness (QED) is 0.320. The SMILES string of the molecule is O=C1OCC[C@@]12CO2. The van der Waals surface area contributed by atoms with Crippen molar-refractivity contribution >= 4 is 5.97 Å². The van der Waals surface area contributed by atoms with Crippen molar-refractivity contribution in [1.29, 1.82) is 0 Å². The molecule has 2 rings (SSSR count). The van der Waals surface area contributed by atoms with Crippen LogP contribution in [-0.4, -0.2) is 24.8 Å². The van der Waals surface area contributed by atoms with E-state index in [0.717, 1.165) is 6.42 Å². The second-order valence-electron chi connectivity index (χ2n) is 2.17. The zero-order chi connectivity index (χ0) is 5.61. The normalized spacial score (nSPS) is 42.8. The molecule has 0 aromatic rings. The van der Waals surface area contributed by atoms with Crippen LogP contribution in [0.4, 0.5) is 0 Å². The van der Waals surface area contributed by atoms with Crippen LogP contribution in [0.5, 0.6) is 0 Å². The van der Waals surface area contributed by atoms with Crippen LogP contribution in [0.2, 0.25) is 0 Å². The van der Waals surface area contributed by atoms with Crippen molar-refractivity contribution in [2.24, 2.45) is 0 Å². The lowest BCUT2D eigenvalue weighted by Gasteiger charge is -1.89. The average molecular weight is 114 g/mol. The Kier molecular flexibility index (Phi) is 0.568. The summed E-state index contributed by atoms with van der Waals surface area (Å²) in [5, 5.41) is 0. The summed E-state index contributed by atoms with van der Waals surface area (Å²) in [5.41, 5.74) is -0.458. The van der Waals surface area contributed by atoms with Crippen molar-refractivity contribution in [3.63, 3.8) is 0 Å². The Morgan fingerprint density at radius 1 is 1.62 bits per heavy atom. The van der Waals surface area contributed by atoms with Crippen LogP contribution in [0.15, 0.2) is 0 Å². The molecular formula is C5H6O3. The number of rotatable bonds is 0. The monoisotopic (exact) mass is 114 g/mol. The number of epoxide rings is 1. The van der Waals surface area contributed by atoms with Crippen molar-refractivity contribution in [3.05, 3.63) is 0 Å². The molecule has 3 heteroatoms. The molecular weight excluding hydrogens is 108 g/mol. The number of esters is 1. The molecule has 1 atom stereocenters. The van der Waals surface area contributed by atoms with E-state index in [2.05, 4.69) is 4.74 Å². The van der Waals surface area contributed by atoms with Crippen molar-refractivity contribution in [3.8, 4) is 0 Å². The number of carbonyl (C=O) groups is 1. The zero-order valence-corrected chi connectivity index (χ0v) is 4.35. The van der Waals surface area contributed by atoms with Gasteiger partial charge in [0.15, 0.2) is 5.60 Å². The Labute approximate surface area is 46.6 Å². The molecule has 0 radical (unpaired) electrons. The molecule has 1 spiro atoms. The van der Waals surface area contributed by atoms with Gasteiger partial charge in [0, 0.05) is 6.42 Å². The number of hydrogen-bond donors (Lipinski definition) is 0. The van der Waals surface area contributed by atoms with Gasteiger partial charge in [0.05, 0.1) is 13.2 Å². The molecule has 8 heavy (non-hydrogen) atoms. The van der Waals surface area contributed by atoms with E-state index >= 15 is 0 Å². The van der Waals surface area contributed by atoms with Gasteiger partial charge in [0.2, 0.25) is 0 Å². The van der Waals surface area contributed by atoms with Crippen LogP contribution in [0.1, 0.15) is 6.42 Å². The Balaban J connectivity index is 2.23. The highest BCUT2D eigenvalue weighted by molar-refractivity contribution is 5.84. The molecule has 2 saturated heterocycles. The van der Waals surface area contributed by atoms with Gasteiger partial charge in [0.1, 0.15) is 0 Å². The predicted octanol–water partition coefficient (Wildman–Crippen LogP) is -0.298. The van der Waals surface area contributed by atoms with Gasteiger partial charge >= 0.3 is 5.97 Å². The largest absolute Gasteiger partial charge is 0.463 e.